The summed E-state index contributed by atoms with van der Waals surface area (Å²) in [5, 5.41) is 0. The van der Waals surface area contributed by atoms with Gasteiger partial charge < -0.3 is 9.47 Å². The van der Waals surface area contributed by atoms with E-state index in [0.717, 1.165) is 44.0 Å². The molecule has 1 aliphatic heterocycles. The third-order valence-corrected chi connectivity index (χ3v) is 4.04. The lowest BCUT2D eigenvalue weighted by Crippen LogP contribution is -2.35. The molecule has 0 amide bonds. The van der Waals surface area contributed by atoms with Crippen molar-refractivity contribution >= 4 is 5.82 Å². The van der Waals surface area contributed by atoms with Crippen molar-refractivity contribution in [3.8, 4) is 0 Å². The molecule has 0 unspecified atom stereocenters. The Morgan fingerprint density at radius 1 is 1.23 bits per heavy atom. The van der Waals surface area contributed by atoms with Crippen LogP contribution in [0.5, 0.6) is 0 Å². The Morgan fingerprint density at radius 3 is 2.64 bits per heavy atom. The molecule has 1 atom stereocenters. The Balaban J connectivity index is 1.76. The van der Waals surface area contributed by atoms with Crippen LogP contribution < -0.4 is 4.90 Å². The Labute approximate surface area is 126 Å². The van der Waals surface area contributed by atoms with Gasteiger partial charge in [0.2, 0.25) is 0 Å². The van der Waals surface area contributed by atoms with E-state index in [0.29, 0.717) is 5.82 Å². The number of imidazole rings is 1. The molecule has 0 aromatic carbocycles. The summed E-state index contributed by atoms with van der Waals surface area (Å²) >= 11 is 0. The van der Waals surface area contributed by atoms with Crippen LogP contribution in [0, 0.1) is 0 Å². The van der Waals surface area contributed by atoms with Gasteiger partial charge in [0.05, 0.1) is 5.56 Å². The zero-order chi connectivity index (χ0) is 15.7. The van der Waals surface area contributed by atoms with E-state index >= 15 is 0 Å². The van der Waals surface area contributed by atoms with Crippen molar-refractivity contribution in [3.05, 3.63) is 42.1 Å². The highest BCUT2D eigenvalue weighted by Gasteiger charge is 2.31. The number of halogens is 3. The van der Waals surface area contributed by atoms with E-state index < -0.39 is 11.7 Å². The van der Waals surface area contributed by atoms with Crippen molar-refractivity contribution in [3.63, 3.8) is 0 Å². The van der Waals surface area contributed by atoms with E-state index in [9.17, 15) is 13.2 Å². The fraction of sp³-hybridized carbons (Fsp3) is 0.467. The topological polar surface area (TPSA) is 34.0 Å². The van der Waals surface area contributed by atoms with E-state index in [2.05, 4.69) is 9.97 Å². The summed E-state index contributed by atoms with van der Waals surface area (Å²) < 4.78 is 39.8. The smallest absolute Gasteiger partial charge is 0.356 e. The van der Waals surface area contributed by atoms with E-state index in [4.69, 9.17) is 0 Å². The lowest BCUT2D eigenvalue weighted by atomic mass is 9.97. The molecule has 0 N–H and O–H groups in total. The Bertz CT molecular complexity index is 633. The molecule has 0 bridgehead atoms. The number of nitrogens with zero attached hydrogens (tertiary/aromatic N) is 4. The number of rotatable bonds is 2. The van der Waals surface area contributed by atoms with Gasteiger partial charge in [0, 0.05) is 44.6 Å². The van der Waals surface area contributed by atoms with Gasteiger partial charge in [-0.3, -0.25) is 0 Å². The molecule has 0 aliphatic carbocycles. The van der Waals surface area contributed by atoms with Gasteiger partial charge in [-0.1, -0.05) is 0 Å². The van der Waals surface area contributed by atoms with Crippen LogP contribution in [0.1, 0.15) is 30.1 Å². The molecule has 1 fully saturated rings. The normalized spacial score (nSPS) is 19.5. The SMILES string of the molecule is Cn1ccnc1[C@@H]1CCCN(c2ccc(C(F)(F)F)cn2)C1. The number of anilines is 1. The molecule has 0 saturated carbocycles. The van der Waals surface area contributed by atoms with Crippen molar-refractivity contribution in [1.29, 1.82) is 0 Å². The molecule has 4 nitrogen and oxygen atoms in total. The molecular weight excluding hydrogens is 293 g/mol. The lowest BCUT2D eigenvalue weighted by molar-refractivity contribution is -0.137. The number of hydrogen-bond donors (Lipinski definition) is 0. The predicted molar refractivity (Wildman–Crippen MR) is 76.6 cm³/mol. The number of piperidine rings is 1. The van der Waals surface area contributed by atoms with Crippen LogP contribution in [0.4, 0.5) is 19.0 Å². The standard InChI is InChI=1S/C15H17F3N4/c1-21-8-6-19-14(21)11-3-2-7-22(10-11)13-5-4-12(9-20-13)15(16,17)18/h4-6,8-9,11H,2-3,7,10H2,1H3/t11-/m1/s1. The molecule has 2 aromatic heterocycles. The molecule has 0 spiro atoms. The largest absolute Gasteiger partial charge is 0.417 e. The Hall–Kier alpha value is -2.05. The van der Waals surface area contributed by atoms with Gasteiger partial charge in [0.25, 0.3) is 0 Å². The lowest BCUT2D eigenvalue weighted by Gasteiger charge is -2.33. The quantitative estimate of drug-likeness (QED) is 0.854. The summed E-state index contributed by atoms with van der Waals surface area (Å²) in [5.74, 6) is 1.88. The van der Waals surface area contributed by atoms with Crippen LogP contribution >= 0.6 is 0 Å². The maximum Gasteiger partial charge on any atom is 0.417 e. The summed E-state index contributed by atoms with van der Waals surface area (Å²) in [5.41, 5.74) is -0.714. The van der Waals surface area contributed by atoms with Gasteiger partial charge in [-0.05, 0) is 25.0 Å². The number of aryl methyl sites for hydroxylation is 1. The third-order valence-electron chi connectivity index (χ3n) is 4.04. The first-order valence-electron chi connectivity index (χ1n) is 7.20. The first-order valence-corrected chi connectivity index (χ1v) is 7.20. The molecule has 3 heterocycles. The van der Waals surface area contributed by atoms with Crippen LogP contribution in [-0.4, -0.2) is 27.6 Å². The molecule has 7 heteroatoms. The summed E-state index contributed by atoms with van der Waals surface area (Å²) in [6.07, 6.45) is 2.24. The van der Waals surface area contributed by atoms with Gasteiger partial charge in [0.15, 0.2) is 0 Å². The monoisotopic (exact) mass is 310 g/mol. The van der Waals surface area contributed by atoms with Gasteiger partial charge in [-0.2, -0.15) is 13.2 Å². The minimum atomic E-state index is -4.34. The highest BCUT2D eigenvalue weighted by Crippen LogP contribution is 2.31. The second kappa shape index (κ2) is 5.62. The molecule has 2 aromatic rings. The second-order valence-electron chi connectivity index (χ2n) is 5.58. The van der Waals surface area contributed by atoms with Crippen molar-refractivity contribution in [2.24, 2.45) is 7.05 Å². The van der Waals surface area contributed by atoms with Crippen LogP contribution in [0.25, 0.3) is 0 Å². The Morgan fingerprint density at radius 2 is 2.05 bits per heavy atom. The summed E-state index contributed by atoms with van der Waals surface area (Å²) in [7, 11) is 1.96. The molecule has 3 rings (SSSR count). The minimum absolute atomic E-state index is 0.276. The first-order chi connectivity index (χ1) is 10.4. The summed E-state index contributed by atoms with van der Waals surface area (Å²) in [4.78, 5) is 10.4. The van der Waals surface area contributed by atoms with Crippen molar-refractivity contribution in [2.45, 2.75) is 24.9 Å². The average molecular weight is 310 g/mol. The van der Waals surface area contributed by atoms with E-state index in [1.807, 2.05) is 22.7 Å². The molecule has 1 aliphatic rings. The summed E-state index contributed by atoms with van der Waals surface area (Å²) in [6, 6.07) is 2.54. The number of hydrogen-bond acceptors (Lipinski definition) is 3. The number of pyridine rings is 1. The molecular formula is C15H17F3N4. The van der Waals surface area contributed by atoms with Crippen molar-refractivity contribution in [2.75, 3.05) is 18.0 Å². The molecule has 22 heavy (non-hydrogen) atoms. The van der Waals surface area contributed by atoms with Gasteiger partial charge in [-0.25, -0.2) is 9.97 Å². The maximum absolute atomic E-state index is 12.6. The fourth-order valence-electron chi connectivity index (χ4n) is 2.91. The van der Waals surface area contributed by atoms with Crippen LogP contribution in [0.3, 0.4) is 0 Å². The zero-order valence-corrected chi connectivity index (χ0v) is 12.2. The summed E-state index contributed by atoms with van der Waals surface area (Å²) in [6.45, 7) is 1.53. The van der Waals surface area contributed by atoms with E-state index in [1.54, 1.807) is 6.20 Å². The van der Waals surface area contributed by atoms with E-state index in [-0.39, 0.29) is 5.92 Å². The molecule has 1 saturated heterocycles. The predicted octanol–water partition coefficient (Wildman–Crippen LogP) is 3.22. The highest BCUT2D eigenvalue weighted by atomic mass is 19.4. The van der Waals surface area contributed by atoms with Gasteiger partial charge in [0.1, 0.15) is 11.6 Å². The molecule has 0 radical (unpaired) electrons. The third kappa shape index (κ3) is 2.93. The minimum Gasteiger partial charge on any atom is -0.356 e. The number of aromatic nitrogens is 3. The second-order valence-corrected chi connectivity index (χ2v) is 5.58. The Kier molecular flexibility index (Phi) is 3.80. The molecule has 118 valence electrons. The number of alkyl halides is 3. The van der Waals surface area contributed by atoms with Crippen molar-refractivity contribution in [1.82, 2.24) is 14.5 Å². The van der Waals surface area contributed by atoms with Crippen LogP contribution in [-0.2, 0) is 13.2 Å². The van der Waals surface area contributed by atoms with Gasteiger partial charge in [-0.15, -0.1) is 0 Å². The van der Waals surface area contributed by atoms with Crippen LogP contribution in [0.2, 0.25) is 0 Å². The van der Waals surface area contributed by atoms with E-state index in [1.165, 1.54) is 6.07 Å². The zero-order valence-electron chi connectivity index (χ0n) is 12.2. The maximum atomic E-state index is 12.6. The van der Waals surface area contributed by atoms with Crippen molar-refractivity contribution < 1.29 is 13.2 Å². The van der Waals surface area contributed by atoms with Gasteiger partial charge >= 0.3 is 6.18 Å². The first kappa shape index (κ1) is 14.9. The van der Waals surface area contributed by atoms with Crippen LogP contribution in [0.15, 0.2) is 30.7 Å². The highest BCUT2D eigenvalue weighted by molar-refractivity contribution is 5.41. The average Bonchev–Trinajstić information content (AvgIpc) is 2.93. The fourth-order valence-corrected chi connectivity index (χ4v) is 2.91.